The van der Waals surface area contributed by atoms with Crippen LogP contribution in [0.2, 0.25) is 0 Å². The number of hydrazone groups is 1. The second-order valence-corrected chi connectivity index (χ2v) is 8.70. The normalized spacial score (nSPS) is 14.0. The third-order valence-electron chi connectivity index (χ3n) is 6.25. The molecule has 0 aliphatic carbocycles. The highest BCUT2D eigenvalue weighted by molar-refractivity contribution is 5.98. The number of aromatic nitrogens is 4. The SMILES string of the molecule is Cc1nn(-c2ccccc2)c(N2CCOCC2)c1-c1nc2ccc(C(=O)NN=Cc3ccoc3)cc2[nH]1. The lowest BCUT2D eigenvalue weighted by Gasteiger charge is -2.30. The number of carbonyl (C=O) groups is 1. The maximum atomic E-state index is 12.7. The van der Waals surface area contributed by atoms with Crippen LogP contribution < -0.4 is 10.3 Å². The van der Waals surface area contributed by atoms with Crippen LogP contribution in [0, 0.1) is 6.92 Å². The van der Waals surface area contributed by atoms with E-state index in [0.717, 1.165) is 52.4 Å². The van der Waals surface area contributed by atoms with Gasteiger partial charge in [-0.25, -0.2) is 15.1 Å². The molecule has 186 valence electrons. The predicted molar refractivity (Wildman–Crippen MR) is 140 cm³/mol. The summed E-state index contributed by atoms with van der Waals surface area (Å²) in [5.41, 5.74) is 8.05. The molecule has 1 amide bonds. The van der Waals surface area contributed by atoms with Crippen molar-refractivity contribution in [3.8, 4) is 17.1 Å². The lowest BCUT2D eigenvalue weighted by Crippen LogP contribution is -2.37. The number of hydrogen-bond donors (Lipinski definition) is 2. The lowest BCUT2D eigenvalue weighted by atomic mass is 10.2. The average molecular weight is 496 g/mol. The van der Waals surface area contributed by atoms with Gasteiger partial charge in [0, 0.05) is 24.2 Å². The van der Waals surface area contributed by atoms with Crippen molar-refractivity contribution in [2.24, 2.45) is 5.10 Å². The molecule has 1 fully saturated rings. The van der Waals surface area contributed by atoms with Crippen molar-refractivity contribution in [2.75, 3.05) is 31.2 Å². The number of hydrogen-bond acceptors (Lipinski definition) is 7. The monoisotopic (exact) mass is 495 g/mol. The van der Waals surface area contributed by atoms with Crippen LogP contribution in [0.5, 0.6) is 0 Å². The van der Waals surface area contributed by atoms with Crippen molar-refractivity contribution in [3.05, 3.63) is 83.9 Å². The topological polar surface area (TPSA) is 114 Å². The molecule has 1 saturated heterocycles. The number of benzene rings is 2. The van der Waals surface area contributed by atoms with Gasteiger partial charge in [0.1, 0.15) is 11.6 Å². The Balaban J connectivity index is 1.36. The average Bonchev–Trinajstić information content (AvgIpc) is 3.67. The molecule has 1 aliphatic rings. The fourth-order valence-electron chi connectivity index (χ4n) is 4.46. The first kappa shape index (κ1) is 22.7. The van der Waals surface area contributed by atoms with E-state index in [1.54, 1.807) is 30.7 Å². The number of amides is 1. The van der Waals surface area contributed by atoms with Gasteiger partial charge < -0.3 is 19.0 Å². The molecule has 5 aromatic rings. The molecule has 10 heteroatoms. The van der Waals surface area contributed by atoms with Crippen LogP contribution in [0.1, 0.15) is 21.6 Å². The molecule has 10 nitrogen and oxygen atoms in total. The number of morpholine rings is 1. The zero-order chi connectivity index (χ0) is 25.2. The second-order valence-electron chi connectivity index (χ2n) is 8.70. The van der Waals surface area contributed by atoms with Gasteiger partial charge in [0.25, 0.3) is 5.91 Å². The summed E-state index contributed by atoms with van der Waals surface area (Å²) >= 11 is 0. The molecule has 0 bridgehead atoms. The van der Waals surface area contributed by atoms with E-state index in [2.05, 4.69) is 20.4 Å². The number of carbonyl (C=O) groups excluding carboxylic acids is 1. The third-order valence-corrected chi connectivity index (χ3v) is 6.25. The minimum Gasteiger partial charge on any atom is -0.472 e. The Kier molecular flexibility index (Phi) is 5.99. The van der Waals surface area contributed by atoms with Crippen molar-refractivity contribution >= 4 is 29.0 Å². The first-order valence-corrected chi connectivity index (χ1v) is 12.0. The standard InChI is InChI=1S/C27H25N7O3/c1-18-24(27(33-10-13-36-14-11-33)34(32-18)21-5-3-2-4-6-21)25-29-22-8-7-20(15-23(22)30-25)26(35)31-28-16-19-9-12-37-17-19/h2-9,12,15-17H,10-11,13-14H2,1H3,(H,29,30)(H,31,35). The van der Waals surface area contributed by atoms with E-state index < -0.39 is 0 Å². The number of aromatic amines is 1. The summed E-state index contributed by atoms with van der Waals surface area (Å²) in [5.74, 6) is 1.35. The molecule has 3 aromatic heterocycles. The molecule has 0 saturated carbocycles. The van der Waals surface area contributed by atoms with E-state index in [1.165, 1.54) is 6.21 Å². The first-order valence-electron chi connectivity index (χ1n) is 12.0. The van der Waals surface area contributed by atoms with Crippen molar-refractivity contribution in [3.63, 3.8) is 0 Å². The lowest BCUT2D eigenvalue weighted by molar-refractivity contribution is 0.0955. The van der Waals surface area contributed by atoms with E-state index in [-0.39, 0.29) is 5.91 Å². The molecular weight excluding hydrogens is 470 g/mol. The number of imidazole rings is 1. The maximum Gasteiger partial charge on any atom is 0.271 e. The second kappa shape index (κ2) is 9.75. The molecule has 37 heavy (non-hydrogen) atoms. The summed E-state index contributed by atoms with van der Waals surface area (Å²) < 4.78 is 12.6. The highest BCUT2D eigenvalue weighted by Crippen LogP contribution is 2.36. The van der Waals surface area contributed by atoms with E-state index in [0.29, 0.717) is 24.6 Å². The van der Waals surface area contributed by atoms with Gasteiger partial charge >= 0.3 is 0 Å². The smallest absolute Gasteiger partial charge is 0.271 e. The molecule has 0 atom stereocenters. The third kappa shape index (κ3) is 4.50. The van der Waals surface area contributed by atoms with E-state index in [9.17, 15) is 4.79 Å². The van der Waals surface area contributed by atoms with Crippen molar-refractivity contribution in [2.45, 2.75) is 6.92 Å². The number of rotatable bonds is 6. The number of fused-ring (bicyclic) bond motifs is 1. The van der Waals surface area contributed by atoms with Gasteiger partial charge in [0.15, 0.2) is 0 Å². The maximum absolute atomic E-state index is 12.7. The Bertz CT molecular complexity index is 1560. The minimum absolute atomic E-state index is 0.320. The Morgan fingerprint density at radius 1 is 1.14 bits per heavy atom. The van der Waals surface area contributed by atoms with Crippen LogP contribution in [-0.2, 0) is 4.74 Å². The predicted octanol–water partition coefficient (Wildman–Crippen LogP) is 3.92. The van der Waals surface area contributed by atoms with Gasteiger partial charge in [0.2, 0.25) is 0 Å². The molecule has 0 unspecified atom stereocenters. The van der Waals surface area contributed by atoms with Gasteiger partial charge in [-0.2, -0.15) is 10.2 Å². The summed E-state index contributed by atoms with van der Waals surface area (Å²) in [6.07, 6.45) is 4.61. The molecule has 2 aromatic carbocycles. The fraction of sp³-hybridized carbons (Fsp3) is 0.185. The summed E-state index contributed by atoms with van der Waals surface area (Å²) in [6, 6.07) is 17.2. The highest BCUT2D eigenvalue weighted by atomic mass is 16.5. The Labute approximate surface area is 212 Å². The number of ether oxygens (including phenoxy) is 1. The first-order chi connectivity index (χ1) is 18.2. The zero-order valence-corrected chi connectivity index (χ0v) is 20.2. The fourth-order valence-corrected chi connectivity index (χ4v) is 4.46. The summed E-state index contributed by atoms with van der Waals surface area (Å²) in [6.45, 7) is 4.81. The summed E-state index contributed by atoms with van der Waals surface area (Å²) in [4.78, 5) is 23.2. The van der Waals surface area contributed by atoms with Gasteiger partial charge in [-0.3, -0.25) is 4.79 Å². The summed E-state index contributed by atoms with van der Waals surface area (Å²) in [5, 5.41) is 8.88. The molecule has 0 spiro atoms. The van der Waals surface area contributed by atoms with Crippen LogP contribution >= 0.6 is 0 Å². The van der Waals surface area contributed by atoms with Gasteiger partial charge in [0.05, 0.1) is 59.9 Å². The number of aryl methyl sites for hydroxylation is 1. The number of furan rings is 1. The van der Waals surface area contributed by atoms with Crippen LogP contribution in [-0.4, -0.2) is 58.2 Å². The Morgan fingerprint density at radius 3 is 2.76 bits per heavy atom. The molecule has 0 radical (unpaired) electrons. The van der Waals surface area contributed by atoms with Crippen LogP contribution in [0.25, 0.3) is 28.1 Å². The molecule has 6 rings (SSSR count). The molecule has 1 aliphatic heterocycles. The zero-order valence-electron chi connectivity index (χ0n) is 20.2. The number of H-pyrrole nitrogens is 1. The number of nitrogens with zero attached hydrogens (tertiary/aromatic N) is 5. The van der Waals surface area contributed by atoms with Gasteiger partial charge in [-0.15, -0.1) is 0 Å². The Hall–Kier alpha value is -4.70. The van der Waals surface area contributed by atoms with Crippen molar-refractivity contribution in [1.29, 1.82) is 0 Å². The van der Waals surface area contributed by atoms with E-state index in [1.807, 2.05) is 48.0 Å². The highest BCUT2D eigenvalue weighted by Gasteiger charge is 2.26. The van der Waals surface area contributed by atoms with Crippen LogP contribution in [0.3, 0.4) is 0 Å². The number of nitrogens with one attached hydrogen (secondary N) is 2. The van der Waals surface area contributed by atoms with Crippen LogP contribution in [0.4, 0.5) is 5.82 Å². The molecular formula is C27H25N7O3. The Morgan fingerprint density at radius 2 is 1.97 bits per heavy atom. The van der Waals surface area contributed by atoms with Crippen molar-refractivity contribution < 1.29 is 13.9 Å². The molecule has 2 N–H and O–H groups in total. The summed E-state index contributed by atoms with van der Waals surface area (Å²) in [7, 11) is 0. The quantitative estimate of drug-likeness (QED) is 0.273. The van der Waals surface area contributed by atoms with E-state index in [4.69, 9.17) is 19.2 Å². The van der Waals surface area contributed by atoms with Gasteiger partial charge in [-0.05, 0) is 43.3 Å². The largest absolute Gasteiger partial charge is 0.472 e. The van der Waals surface area contributed by atoms with Crippen molar-refractivity contribution in [1.82, 2.24) is 25.2 Å². The number of para-hydroxylation sites is 1. The van der Waals surface area contributed by atoms with E-state index >= 15 is 0 Å². The molecule has 4 heterocycles. The number of anilines is 1. The van der Waals surface area contributed by atoms with Gasteiger partial charge in [-0.1, -0.05) is 18.2 Å². The minimum atomic E-state index is -0.320. The van der Waals surface area contributed by atoms with Crippen LogP contribution in [0.15, 0.2) is 76.6 Å².